The number of aromatic nitrogens is 2. The third-order valence-corrected chi connectivity index (χ3v) is 5.37. The summed E-state index contributed by atoms with van der Waals surface area (Å²) in [7, 11) is 0. The van der Waals surface area contributed by atoms with Crippen molar-refractivity contribution in [1.29, 1.82) is 0 Å². The van der Waals surface area contributed by atoms with Crippen molar-refractivity contribution >= 4 is 17.1 Å². The molecule has 5 nitrogen and oxygen atoms in total. The van der Waals surface area contributed by atoms with Crippen molar-refractivity contribution in [3.63, 3.8) is 0 Å². The van der Waals surface area contributed by atoms with Crippen LogP contribution in [0.4, 0.5) is 0 Å². The molecule has 0 aliphatic carbocycles. The van der Waals surface area contributed by atoms with Gasteiger partial charge in [0.2, 0.25) is 5.43 Å². The second-order valence-electron chi connectivity index (χ2n) is 7.58. The second-order valence-corrected chi connectivity index (χ2v) is 8.01. The molecule has 0 aliphatic rings. The van der Waals surface area contributed by atoms with Gasteiger partial charge >= 0.3 is 0 Å². The molecule has 4 aromatic rings. The van der Waals surface area contributed by atoms with Gasteiger partial charge in [0, 0.05) is 28.7 Å². The lowest BCUT2D eigenvalue weighted by Crippen LogP contribution is -2.27. The second kappa shape index (κ2) is 7.84. The molecule has 2 aromatic heterocycles. The van der Waals surface area contributed by atoms with Crippen LogP contribution < -0.4 is 11.0 Å². The Kier molecular flexibility index (Phi) is 5.22. The summed E-state index contributed by atoms with van der Waals surface area (Å²) >= 11 is 6.08. The fraction of sp³-hybridized carbons (Fsp3) is 0.167. The molecule has 0 bridgehead atoms. The summed E-state index contributed by atoms with van der Waals surface area (Å²) in [5, 5.41) is 11.3. The number of nitrogens with zero attached hydrogens (tertiary/aromatic N) is 2. The minimum atomic E-state index is -0.562. The lowest BCUT2D eigenvalue weighted by Gasteiger charge is -2.18. The summed E-state index contributed by atoms with van der Waals surface area (Å²) in [6.45, 7) is 4.28. The number of hydrogen-bond donors (Lipinski definition) is 1. The molecule has 0 atom stereocenters. The van der Waals surface area contributed by atoms with E-state index in [0.717, 1.165) is 11.3 Å². The van der Waals surface area contributed by atoms with Crippen LogP contribution in [0, 0.1) is 0 Å². The van der Waals surface area contributed by atoms with Crippen molar-refractivity contribution < 1.29 is 5.11 Å². The van der Waals surface area contributed by atoms with E-state index in [2.05, 4.69) is 0 Å². The number of halogens is 1. The average Bonchev–Trinajstić information content (AvgIpc) is 2.72. The van der Waals surface area contributed by atoms with Crippen LogP contribution in [0.15, 0.2) is 76.6 Å². The zero-order valence-electron chi connectivity index (χ0n) is 16.7. The summed E-state index contributed by atoms with van der Waals surface area (Å²) in [6.07, 6.45) is 3.42. The van der Waals surface area contributed by atoms with E-state index in [9.17, 15) is 14.7 Å². The lowest BCUT2D eigenvalue weighted by molar-refractivity contribution is 0.472. The molecule has 4 rings (SSSR count). The van der Waals surface area contributed by atoms with Gasteiger partial charge in [-0.15, -0.1) is 0 Å². The van der Waals surface area contributed by atoms with Crippen LogP contribution in [0.1, 0.15) is 31.0 Å². The molecule has 0 unspecified atom stereocenters. The Balaban J connectivity index is 2.00. The summed E-state index contributed by atoms with van der Waals surface area (Å²) in [4.78, 5) is 26.1. The Labute approximate surface area is 178 Å². The van der Waals surface area contributed by atoms with Gasteiger partial charge < -0.3 is 14.1 Å². The van der Waals surface area contributed by atoms with E-state index in [4.69, 9.17) is 11.6 Å². The first-order valence-electron chi connectivity index (χ1n) is 9.68. The minimum absolute atomic E-state index is 0.0205. The highest BCUT2D eigenvalue weighted by molar-refractivity contribution is 6.30. The van der Waals surface area contributed by atoms with Gasteiger partial charge in [-0.25, -0.2) is 0 Å². The Morgan fingerprint density at radius 1 is 1.00 bits per heavy atom. The van der Waals surface area contributed by atoms with Crippen LogP contribution in [-0.4, -0.2) is 14.1 Å². The number of fused-ring (bicyclic) bond motifs is 1. The van der Waals surface area contributed by atoms with E-state index in [-0.39, 0.29) is 18.0 Å². The van der Waals surface area contributed by atoms with Gasteiger partial charge in [0.1, 0.15) is 0 Å². The number of benzene rings is 2. The SMILES string of the molecule is CC(C)c1cn(Cc2cccc(Cl)c2)c(=O)c2c(O)c(=O)c(-c3ccccc3)cn12. The topological polar surface area (TPSA) is 63.7 Å². The zero-order valence-corrected chi connectivity index (χ0v) is 17.4. The van der Waals surface area contributed by atoms with E-state index >= 15 is 0 Å². The number of hydrogen-bond acceptors (Lipinski definition) is 3. The first-order chi connectivity index (χ1) is 14.4. The first-order valence-corrected chi connectivity index (χ1v) is 10.1. The Hall–Kier alpha value is -3.31. The molecule has 6 heteroatoms. The molecule has 152 valence electrons. The molecular weight excluding hydrogens is 400 g/mol. The Bertz CT molecular complexity index is 1350. The van der Waals surface area contributed by atoms with Gasteiger partial charge in [0.05, 0.1) is 6.54 Å². The summed E-state index contributed by atoms with van der Waals surface area (Å²) in [5.41, 5.74) is 1.67. The largest absolute Gasteiger partial charge is 0.503 e. The normalized spacial score (nSPS) is 11.3. The standard InChI is InChI=1S/C24H21ClN2O3/c1-15(2)20-14-26(12-16-7-6-10-18(25)11-16)24(30)21-23(29)22(28)19(13-27(20)21)17-8-4-3-5-9-17/h3-11,13-15,29H,12H2,1-2H3. The fourth-order valence-electron chi connectivity index (χ4n) is 3.63. The predicted octanol–water partition coefficient (Wildman–Crippen LogP) is 4.66. The van der Waals surface area contributed by atoms with E-state index in [0.29, 0.717) is 16.1 Å². The van der Waals surface area contributed by atoms with Crippen molar-refractivity contribution in [3.05, 3.63) is 104 Å². The van der Waals surface area contributed by atoms with E-state index in [1.54, 1.807) is 41.1 Å². The van der Waals surface area contributed by atoms with Crippen molar-refractivity contribution in [3.8, 4) is 16.9 Å². The lowest BCUT2D eigenvalue weighted by atomic mass is 10.1. The Morgan fingerprint density at radius 3 is 2.40 bits per heavy atom. The highest BCUT2D eigenvalue weighted by Gasteiger charge is 2.19. The average molecular weight is 421 g/mol. The van der Waals surface area contributed by atoms with Crippen molar-refractivity contribution in [2.24, 2.45) is 0 Å². The molecular formula is C24H21ClN2O3. The number of aromatic hydroxyl groups is 1. The molecule has 0 spiro atoms. The summed E-state index contributed by atoms with van der Waals surface area (Å²) in [6, 6.07) is 16.4. The zero-order chi connectivity index (χ0) is 21.4. The smallest absolute Gasteiger partial charge is 0.279 e. The minimum Gasteiger partial charge on any atom is -0.503 e. The maximum Gasteiger partial charge on any atom is 0.279 e. The molecule has 0 saturated carbocycles. The third-order valence-electron chi connectivity index (χ3n) is 5.13. The molecule has 0 amide bonds. The van der Waals surface area contributed by atoms with Crippen LogP contribution in [0.25, 0.3) is 16.6 Å². The molecule has 0 saturated heterocycles. The van der Waals surface area contributed by atoms with Gasteiger partial charge in [0.25, 0.3) is 5.56 Å². The summed E-state index contributed by atoms with van der Waals surface area (Å²) < 4.78 is 3.15. The van der Waals surface area contributed by atoms with Crippen molar-refractivity contribution in [2.45, 2.75) is 26.3 Å². The van der Waals surface area contributed by atoms with E-state index in [1.807, 2.05) is 44.2 Å². The van der Waals surface area contributed by atoms with Crippen LogP contribution in [0.3, 0.4) is 0 Å². The maximum absolute atomic E-state index is 13.2. The first kappa shape index (κ1) is 20.0. The highest BCUT2D eigenvalue weighted by Crippen LogP contribution is 2.24. The van der Waals surface area contributed by atoms with Crippen LogP contribution in [-0.2, 0) is 6.54 Å². The van der Waals surface area contributed by atoms with Gasteiger partial charge in [-0.3, -0.25) is 9.59 Å². The third kappa shape index (κ3) is 3.53. The molecule has 0 aliphatic heterocycles. The van der Waals surface area contributed by atoms with Gasteiger partial charge in [0.15, 0.2) is 11.3 Å². The molecule has 30 heavy (non-hydrogen) atoms. The fourth-order valence-corrected chi connectivity index (χ4v) is 3.84. The predicted molar refractivity (Wildman–Crippen MR) is 120 cm³/mol. The van der Waals surface area contributed by atoms with Crippen LogP contribution >= 0.6 is 11.6 Å². The molecule has 2 aromatic carbocycles. The molecule has 1 N–H and O–H groups in total. The highest BCUT2D eigenvalue weighted by atomic mass is 35.5. The van der Waals surface area contributed by atoms with Crippen LogP contribution in [0.2, 0.25) is 5.02 Å². The molecule has 0 radical (unpaired) electrons. The molecule has 0 fully saturated rings. The van der Waals surface area contributed by atoms with E-state index < -0.39 is 16.7 Å². The number of rotatable bonds is 4. The summed E-state index contributed by atoms with van der Waals surface area (Å²) in [5.74, 6) is -0.493. The van der Waals surface area contributed by atoms with Gasteiger partial charge in [-0.1, -0.05) is 67.9 Å². The van der Waals surface area contributed by atoms with Crippen LogP contribution in [0.5, 0.6) is 5.75 Å². The Morgan fingerprint density at radius 2 is 1.73 bits per heavy atom. The maximum atomic E-state index is 13.2. The quantitative estimate of drug-likeness (QED) is 0.522. The number of pyridine rings is 1. The van der Waals surface area contributed by atoms with Gasteiger partial charge in [-0.2, -0.15) is 0 Å². The monoisotopic (exact) mass is 420 g/mol. The van der Waals surface area contributed by atoms with Crippen molar-refractivity contribution in [1.82, 2.24) is 8.97 Å². The van der Waals surface area contributed by atoms with Crippen molar-refractivity contribution in [2.75, 3.05) is 0 Å². The van der Waals surface area contributed by atoms with E-state index in [1.165, 1.54) is 4.57 Å². The molecule has 2 heterocycles. The van der Waals surface area contributed by atoms with Gasteiger partial charge in [-0.05, 0) is 29.2 Å².